The maximum atomic E-state index is 13.3. The van der Waals surface area contributed by atoms with E-state index in [0.717, 1.165) is 0 Å². The molecule has 12 heteroatoms. The van der Waals surface area contributed by atoms with E-state index in [2.05, 4.69) is 0 Å². The summed E-state index contributed by atoms with van der Waals surface area (Å²) in [5, 5.41) is 0. The van der Waals surface area contributed by atoms with E-state index in [-0.39, 0.29) is 23.1 Å². The van der Waals surface area contributed by atoms with Crippen LogP contribution in [0.25, 0.3) is 0 Å². The molecule has 0 spiro atoms. The van der Waals surface area contributed by atoms with E-state index in [1.807, 2.05) is 97.1 Å². The zero-order valence-electron chi connectivity index (χ0n) is 40.7. The van der Waals surface area contributed by atoms with Crippen LogP contribution in [0.2, 0.25) is 0 Å². The van der Waals surface area contributed by atoms with Gasteiger partial charge >= 0.3 is 0 Å². The average molecular weight is 1000 g/mol. The molecular weight excluding hydrogens is 953 g/mol. The highest BCUT2D eigenvalue weighted by atomic mass is 16.5. The van der Waals surface area contributed by atoms with E-state index in [0.29, 0.717) is 113 Å². The van der Waals surface area contributed by atoms with Gasteiger partial charge < -0.3 is 41.9 Å². The first-order valence-corrected chi connectivity index (χ1v) is 23.8. The van der Waals surface area contributed by atoms with Gasteiger partial charge in [0, 0.05) is 44.5 Å². The second kappa shape index (κ2) is 23.2. The molecule has 10 rings (SSSR count). The molecular formula is C64H48N4O8. The summed E-state index contributed by atoms with van der Waals surface area (Å²) >= 11 is 0. The molecule has 0 aliphatic rings. The standard InChI is InChI=1S/2C32H24N2O4/c33-27-16-14-23(19-29(27)37-25-10-3-1-4-11-25)31(35)21-8-7-9-22(18-21)32(36)24-15-17-28(34)30(20-24)38-26-12-5-2-6-13-26;33-27-17-15-23(19-29(27)37-25-7-3-1-4-8-25)31(35)21-11-13-22(14-12-21)32(36)24-16-18-28(34)30(20-24)38-26-9-5-2-6-10-26/h2*1-20H,33-34H2. The Bertz CT molecular complexity index is 3470. The number of nitrogens with two attached hydrogens (primary N) is 4. The van der Waals surface area contributed by atoms with Gasteiger partial charge in [0.05, 0.1) is 22.7 Å². The van der Waals surface area contributed by atoms with E-state index >= 15 is 0 Å². The fourth-order valence-electron chi connectivity index (χ4n) is 7.76. The molecule has 0 aliphatic carbocycles. The summed E-state index contributed by atoms with van der Waals surface area (Å²) in [7, 11) is 0. The van der Waals surface area contributed by atoms with Crippen molar-refractivity contribution in [3.63, 3.8) is 0 Å². The lowest BCUT2D eigenvalue weighted by Crippen LogP contribution is -2.07. The van der Waals surface area contributed by atoms with Crippen LogP contribution in [0.1, 0.15) is 63.7 Å². The van der Waals surface area contributed by atoms with Crippen molar-refractivity contribution in [2.24, 2.45) is 0 Å². The molecule has 0 unspecified atom stereocenters. The van der Waals surface area contributed by atoms with Crippen molar-refractivity contribution in [2.45, 2.75) is 0 Å². The van der Waals surface area contributed by atoms with Crippen molar-refractivity contribution in [1.29, 1.82) is 0 Å². The third-order valence-electron chi connectivity index (χ3n) is 11.8. The number of para-hydroxylation sites is 4. The van der Waals surface area contributed by atoms with Crippen LogP contribution in [-0.4, -0.2) is 23.1 Å². The first kappa shape index (κ1) is 50.2. The van der Waals surface area contributed by atoms with Gasteiger partial charge in [-0.2, -0.15) is 0 Å². The number of carbonyl (C=O) groups excluding carboxylic acids is 4. The van der Waals surface area contributed by atoms with Crippen LogP contribution < -0.4 is 41.9 Å². The molecule has 0 saturated carbocycles. The summed E-state index contributed by atoms with van der Waals surface area (Å²) < 4.78 is 23.4. The Labute approximate surface area is 438 Å². The molecule has 0 amide bonds. The lowest BCUT2D eigenvalue weighted by molar-refractivity contribution is 0.102. The third-order valence-corrected chi connectivity index (χ3v) is 11.8. The number of benzene rings is 10. The summed E-state index contributed by atoms with van der Waals surface area (Å²) in [5.41, 5.74) is 29.1. The Morgan fingerprint density at radius 2 is 0.434 bits per heavy atom. The predicted molar refractivity (Wildman–Crippen MR) is 296 cm³/mol. The van der Waals surface area contributed by atoms with Crippen LogP contribution in [0.5, 0.6) is 46.0 Å². The van der Waals surface area contributed by atoms with Crippen molar-refractivity contribution in [3.8, 4) is 46.0 Å². The highest BCUT2D eigenvalue weighted by Gasteiger charge is 2.19. The zero-order valence-corrected chi connectivity index (χ0v) is 40.7. The Balaban J connectivity index is 0.000000186. The summed E-state index contributed by atoms with van der Waals surface area (Å²) in [6, 6.07) is 69.4. The number of hydrogen-bond donors (Lipinski definition) is 4. The van der Waals surface area contributed by atoms with Gasteiger partial charge in [0.2, 0.25) is 0 Å². The van der Waals surface area contributed by atoms with E-state index in [9.17, 15) is 19.2 Å². The number of anilines is 4. The topological polar surface area (TPSA) is 209 Å². The molecule has 0 atom stereocenters. The number of nitrogen functional groups attached to an aromatic ring is 4. The van der Waals surface area contributed by atoms with Crippen LogP contribution in [0, 0.1) is 0 Å². The molecule has 10 aromatic rings. The molecule has 12 nitrogen and oxygen atoms in total. The van der Waals surface area contributed by atoms with Crippen molar-refractivity contribution in [1.82, 2.24) is 0 Å². The highest BCUT2D eigenvalue weighted by molar-refractivity contribution is 6.14. The van der Waals surface area contributed by atoms with Crippen LogP contribution in [-0.2, 0) is 0 Å². The molecule has 8 N–H and O–H groups in total. The largest absolute Gasteiger partial charge is 0.455 e. The van der Waals surface area contributed by atoms with Crippen LogP contribution in [0.3, 0.4) is 0 Å². The predicted octanol–water partition coefficient (Wildman–Crippen LogP) is 13.8. The second-order valence-corrected chi connectivity index (χ2v) is 17.1. The molecule has 0 aromatic heterocycles. The number of rotatable bonds is 16. The van der Waals surface area contributed by atoms with Crippen molar-refractivity contribution in [3.05, 3.63) is 287 Å². The summed E-state index contributed by atoms with van der Waals surface area (Å²) in [5.74, 6) is 3.04. The van der Waals surface area contributed by atoms with E-state index < -0.39 is 0 Å². The van der Waals surface area contributed by atoms with E-state index in [1.54, 1.807) is 146 Å². The summed E-state index contributed by atoms with van der Waals surface area (Å²) in [6.07, 6.45) is 0. The van der Waals surface area contributed by atoms with Gasteiger partial charge in [-0.3, -0.25) is 19.2 Å². The fourth-order valence-corrected chi connectivity index (χ4v) is 7.76. The highest BCUT2D eigenvalue weighted by Crippen LogP contribution is 2.34. The van der Waals surface area contributed by atoms with Gasteiger partial charge in [-0.15, -0.1) is 0 Å². The smallest absolute Gasteiger partial charge is 0.193 e. The number of hydrogen-bond acceptors (Lipinski definition) is 12. The Hall–Kier alpha value is -10.7. The average Bonchev–Trinajstić information content (AvgIpc) is 3.46. The zero-order chi connectivity index (χ0) is 53.0. The number of ether oxygens (including phenoxy) is 4. The number of carbonyl (C=O) groups is 4. The van der Waals surface area contributed by atoms with Crippen LogP contribution in [0.15, 0.2) is 243 Å². The molecule has 0 heterocycles. The van der Waals surface area contributed by atoms with Gasteiger partial charge in [-0.05, 0) is 127 Å². The van der Waals surface area contributed by atoms with Crippen LogP contribution in [0.4, 0.5) is 22.7 Å². The van der Waals surface area contributed by atoms with Gasteiger partial charge in [0.15, 0.2) is 46.1 Å². The maximum Gasteiger partial charge on any atom is 0.193 e. The summed E-state index contributed by atoms with van der Waals surface area (Å²) in [4.78, 5) is 53.0. The Morgan fingerprint density at radius 1 is 0.224 bits per heavy atom. The van der Waals surface area contributed by atoms with Crippen molar-refractivity contribution < 1.29 is 38.1 Å². The molecule has 0 saturated heterocycles. The van der Waals surface area contributed by atoms with Gasteiger partial charge in [0.1, 0.15) is 23.0 Å². The minimum Gasteiger partial charge on any atom is -0.455 e. The molecule has 0 aliphatic heterocycles. The lowest BCUT2D eigenvalue weighted by atomic mass is 9.97. The first-order chi connectivity index (χ1) is 36.9. The van der Waals surface area contributed by atoms with E-state index in [4.69, 9.17) is 41.9 Å². The Kier molecular flexibility index (Phi) is 15.3. The molecule has 372 valence electrons. The summed E-state index contributed by atoms with van der Waals surface area (Å²) in [6.45, 7) is 0. The van der Waals surface area contributed by atoms with Crippen LogP contribution >= 0.6 is 0 Å². The van der Waals surface area contributed by atoms with Gasteiger partial charge in [-0.25, -0.2) is 0 Å². The normalized spacial score (nSPS) is 10.5. The number of ketones is 4. The maximum absolute atomic E-state index is 13.3. The van der Waals surface area contributed by atoms with E-state index in [1.165, 1.54) is 0 Å². The molecule has 0 radical (unpaired) electrons. The quantitative estimate of drug-likeness (QED) is 0.0526. The molecule has 10 aromatic carbocycles. The second-order valence-electron chi connectivity index (χ2n) is 17.1. The minimum absolute atomic E-state index is 0.215. The molecule has 0 fully saturated rings. The lowest BCUT2D eigenvalue weighted by Gasteiger charge is -2.11. The SMILES string of the molecule is Nc1ccc(C(=O)c2ccc(C(=O)c3ccc(N)c(Oc4ccccc4)c3)cc2)cc1Oc1ccccc1.Nc1ccc(C(=O)c2cccc(C(=O)c3ccc(N)c(Oc4ccccc4)c3)c2)cc1Oc1ccccc1. The Morgan fingerprint density at radius 3 is 0.684 bits per heavy atom. The first-order valence-electron chi connectivity index (χ1n) is 23.8. The van der Waals surface area contributed by atoms with Crippen molar-refractivity contribution >= 4 is 45.9 Å². The monoisotopic (exact) mass is 1000 g/mol. The van der Waals surface area contributed by atoms with Gasteiger partial charge in [0.25, 0.3) is 0 Å². The minimum atomic E-state index is -0.261. The van der Waals surface area contributed by atoms with Crippen molar-refractivity contribution in [2.75, 3.05) is 22.9 Å². The molecule has 0 bridgehead atoms. The molecule has 76 heavy (non-hydrogen) atoms. The van der Waals surface area contributed by atoms with Gasteiger partial charge in [-0.1, -0.05) is 115 Å². The fraction of sp³-hybridized carbons (Fsp3) is 0. The third kappa shape index (κ3) is 12.3.